The summed E-state index contributed by atoms with van der Waals surface area (Å²) in [5, 5.41) is 3.04. The highest BCUT2D eigenvalue weighted by atomic mass is 16.5. The highest BCUT2D eigenvalue weighted by molar-refractivity contribution is 5.82. The zero-order chi connectivity index (χ0) is 18.8. The molecule has 0 rings (SSSR count). The van der Waals surface area contributed by atoms with E-state index in [2.05, 4.69) is 33.0 Å². The molecule has 0 saturated heterocycles. The van der Waals surface area contributed by atoms with Gasteiger partial charge in [0.15, 0.2) is 0 Å². The van der Waals surface area contributed by atoms with Gasteiger partial charge in [-0.1, -0.05) is 41.5 Å². The molecule has 0 aromatic heterocycles. The first-order chi connectivity index (χ1) is 11.1. The first kappa shape index (κ1) is 23.1. The number of Topliss-reactive ketones (excluding diaryl/α,β-unsaturated/α-hetero) is 1. The van der Waals surface area contributed by atoms with E-state index in [9.17, 15) is 9.59 Å². The van der Waals surface area contributed by atoms with E-state index in [0.29, 0.717) is 38.3 Å². The molecular weight excluding hydrogens is 302 g/mol. The molecule has 0 aliphatic heterocycles. The van der Waals surface area contributed by atoms with Crippen molar-refractivity contribution < 1.29 is 14.3 Å². The smallest absolute Gasteiger partial charge is 0.226 e. The zero-order valence-electron chi connectivity index (χ0n) is 17.0. The maximum atomic E-state index is 12.5. The molecule has 0 aromatic rings. The van der Waals surface area contributed by atoms with Crippen LogP contribution in [0.25, 0.3) is 0 Å². The van der Waals surface area contributed by atoms with E-state index in [-0.39, 0.29) is 17.3 Å². The van der Waals surface area contributed by atoms with Crippen LogP contribution in [0.3, 0.4) is 0 Å². The van der Waals surface area contributed by atoms with Crippen LogP contribution in [0.15, 0.2) is 0 Å². The van der Waals surface area contributed by atoms with E-state index in [0.717, 1.165) is 19.3 Å². The van der Waals surface area contributed by atoms with Gasteiger partial charge >= 0.3 is 0 Å². The molecular formula is C20H39NO3. The Bertz CT molecular complexity index is 394. The lowest BCUT2D eigenvalue weighted by molar-refractivity contribution is -0.133. The Morgan fingerprint density at radius 1 is 1.04 bits per heavy atom. The first-order valence-corrected chi connectivity index (χ1v) is 9.56. The molecule has 0 heterocycles. The summed E-state index contributed by atoms with van der Waals surface area (Å²) >= 11 is 0. The van der Waals surface area contributed by atoms with Gasteiger partial charge in [-0.2, -0.15) is 0 Å². The van der Waals surface area contributed by atoms with Crippen LogP contribution in [0, 0.1) is 11.3 Å². The lowest BCUT2D eigenvalue weighted by Gasteiger charge is -2.32. The third-order valence-corrected chi connectivity index (χ3v) is 5.18. The molecule has 2 unspecified atom stereocenters. The highest BCUT2D eigenvalue weighted by Gasteiger charge is 2.32. The SMILES string of the molecule is CCC(=O)CCC(C)(CC)OCCC(C)(CC)C(=O)NCC(C)C. The lowest BCUT2D eigenvalue weighted by atomic mass is 9.83. The van der Waals surface area contributed by atoms with E-state index in [1.165, 1.54) is 0 Å². The number of carbonyl (C=O) groups is 2. The molecule has 0 saturated carbocycles. The molecule has 1 N–H and O–H groups in total. The van der Waals surface area contributed by atoms with Crippen molar-refractivity contribution in [2.75, 3.05) is 13.2 Å². The molecule has 0 fully saturated rings. The van der Waals surface area contributed by atoms with E-state index >= 15 is 0 Å². The van der Waals surface area contributed by atoms with Crippen molar-refractivity contribution in [3.63, 3.8) is 0 Å². The molecule has 1 amide bonds. The summed E-state index contributed by atoms with van der Waals surface area (Å²) in [5.74, 6) is 0.845. The minimum atomic E-state index is -0.400. The van der Waals surface area contributed by atoms with E-state index in [4.69, 9.17) is 4.74 Å². The molecule has 0 radical (unpaired) electrons. The summed E-state index contributed by atoms with van der Waals surface area (Å²) < 4.78 is 6.11. The molecule has 0 aliphatic carbocycles. The summed E-state index contributed by atoms with van der Waals surface area (Å²) in [5.41, 5.74) is -0.684. The number of hydrogen-bond donors (Lipinski definition) is 1. The molecule has 4 nitrogen and oxygen atoms in total. The zero-order valence-corrected chi connectivity index (χ0v) is 17.0. The molecule has 142 valence electrons. The van der Waals surface area contributed by atoms with Crippen LogP contribution in [0.4, 0.5) is 0 Å². The Balaban J connectivity index is 4.53. The summed E-state index contributed by atoms with van der Waals surface area (Å²) in [7, 11) is 0. The summed E-state index contributed by atoms with van der Waals surface area (Å²) in [6.45, 7) is 15.6. The van der Waals surface area contributed by atoms with Crippen molar-refractivity contribution in [3.8, 4) is 0 Å². The molecule has 4 heteroatoms. The predicted molar refractivity (Wildman–Crippen MR) is 100 cm³/mol. The normalized spacial score (nSPS) is 16.5. The van der Waals surface area contributed by atoms with Crippen LogP contribution >= 0.6 is 0 Å². The fourth-order valence-corrected chi connectivity index (χ4v) is 2.42. The largest absolute Gasteiger partial charge is 0.375 e. The minimum Gasteiger partial charge on any atom is -0.375 e. The first-order valence-electron chi connectivity index (χ1n) is 9.56. The van der Waals surface area contributed by atoms with Crippen molar-refractivity contribution in [2.24, 2.45) is 11.3 Å². The number of ketones is 1. The van der Waals surface area contributed by atoms with Gasteiger partial charge in [0, 0.05) is 31.4 Å². The maximum absolute atomic E-state index is 12.5. The van der Waals surface area contributed by atoms with Crippen molar-refractivity contribution in [1.29, 1.82) is 0 Å². The van der Waals surface area contributed by atoms with Crippen LogP contribution in [-0.2, 0) is 14.3 Å². The summed E-state index contributed by atoms with van der Waals surface area (Å²) in [4.78, 5) is 24.0. The minimum absolute atomic E-state index is 0.113. The van der Waals surface area contributed by atoms with Crippen molar-refractivity contribution in [2.45, 2.75) is 92.6 Å². The Hall–Kier alpha value is -0.900. The summed E-state index contributed by atoms with van der Waals surface area (Å²) in [6, 6.07) is 0. The average Bonchev–Trinajstić information content (AvgIpc) is 2.57. The predicted octanol–water partition coefficient (Wildman–Crippen LogP) is 4.51. The second-order valence-electron chi connectivity index (χ2n) is 7.81. The molecule has 24 heavy (non-hydrogen) atoms. The topological polar surface area (TPSA) is 55.4 Å². The number of ether oxygens (including phenoxy) is 1. The van der Waals surface area contributed by atoms with E-state index in [1.807, 2.05) is 20.8 Å². The van der Waals surface area contributed by atoms with Crippen molar-refractivity contribution in [3.05, 3.63) is 0 Å². The molecule has 2 atom stereocenters. The van der Waals surface area contributed by atoms with E-state index in [1.54, 1.807) is 0 Å². The van der Waals surface area contributed by atoms with Crippen LogP contribution < -0.4 is 5.32 Å². The standard InChI is InChI=1S/C20H39NO3/c1-8-17(22)11-12-20(7,10-3)24-14-13-19(6,9-2)18(23)21-15-16(4)5/h16H,8-15H2,1-7H3,(H,21,23). The highest BCUT2D eigenvalue weighted by Crippen LogP contribution is 2.29. The van der Waals surface area contributed by atoms with Crippen LogP contribution in [0.2, 0.25) is 0 Å². The van der Waals surface area contributed by atoms with Crippen molar-refractivity contribution >= 4 is 11.7 Å². The fraction of sp³-hybridized carbons (Fsp3) is 0.900. The Labute approximate surface area is 149 Å². The molecule has 0 spiro atoms. The quantitative estimate of drug-likeness (QED) is 0.536. The van der Waals surface area contributed by atoms with Gasteiger partial charge in [0.2, 0.25) is 5.91 Å². The van der Waals surface area contributed by atoms with E-state index < -0.39 is 5.41 Å². The van der Waals surface area contributed by atoms with Gasteiger partial charge < -0.3 is 10.1 Å². The second kappa shape index (κ2) is 10.9. The van der Waals surface area contributed by atoms with Crippen LogP contribution in [-0.4, -0.2) is 30.4 Å². The average molecular weight is 342 g/mol. The number of amides is 1. The molecule has 0 aromatic carbocycles. The van der Waals surface area contributed by atoms with Gasteiger partial charge in [-0.05, 0) is 38.5 Å². The van der Waals surface area contributed by atoms with Gasteiger partial charge in [-0.15, -0.1) is 0 Å². The van der Waals surface area contributed by atoms with Crippen molar-refractivity contribution in [1.82, 2.24) is 5.32 Å². The Morgan fingerprint density at radius 2 is 1.67 bits per heavy atom. The maximum Gasteiger partial charge on any atom is 0.226 e. The van der Waals surface area contributed by atoms with Gasteiger partial charge in [0.25, 0.3) is 0 Å². The van der Waals surface area contributed by atoms with Gasteiger partial charge in [-0.3, -0.25) is 9.59 Å². The third kappa shape index (κ3) is 8.27. The molecule has 0 aliphatic rings. The number of rotatable bonds is 13. The summed E-state index contributed by atoms with van der Waals surface area (Å²) in [6.07, 6.45) is 4.26. The monoisotopic (exact) mass is 341 g/mol. The van der Waals surface area contributed by atoms with Crippen LogP contribution in [0.5, 0.6) is 0 Å². The number of carbonyl (C=O) groups excluding carboxylic acids is 2. The van der Waals surface area contributed by atoms with Gasteiger partial charge in [0.05, 0.1) is 5.60 Å². The van der Waals surface area contributed by atoms with Crippen LogP contribution in [0.1, 0.15) is 87.0 Å². The number of hydrogen-bond acceptors (Lipinski definition) is 3. The van der Waals surface area contributed by atoms with Gasteiger partial charge in [0.1, 0.15) is 5.78 Å². The Morgan fingerprint density at radius 3 is 2.12 bits per heavy atom. The third-order valence-electron chi connectivity index (χ3n) is 5.18. The fourth-order valence-electron chi connectivity index (χ4n) is 2.42. The lowest BCUT2D eigenvalue weighted by Crippen LogP contribution is -2.41. The second-order valence-corrected chi connectivity index (χ2v) is 7.81. The molecule has 0 bridgehead atoms. The van der Waals surface area contributed by atoms with Gasteiger partial charge in [-0.25, -0.2) is 0 Å². The Kier molecular flexibility index (Phi) is 10.5. The number of nitrogens with one attached hydrogen (secondary N) is 1.